The van der Waals surface area contributed by atoms with Crippen LogP contribution in [-0.2, 0) is 29.7 Å². The lowest BCUT2D eigenvalue weighted by molar-refractivity contribution is -0.139. The number of hydrogen-bond acceptors (Lipinski definition) is 5. The van der Waals surface area contributed by atoms with Gasteiger partial charge in [0, 0.05) is 63.5 Å². The number of carbonyl (C=O) groups is 1. The zero-order valence-electron chi connectivity index (χ0n) is 16.5. The van der Waals surface area contributed by atoms with Crippen molar-refractivity contribution in [3.8, 4) is 0 Å². The maximum atomic E-state index is 12.7. The van der Waals surface area contributed by atoms with Gasteiger partial charge >= 0.3 is 0 Å². The molecule has 7 nitrogen and oxygen atoms in total. The van der Waals surface area contributed by atoms with Crippen LogP contribution in [0.2, 0.25) is 0 Å². The van der Waals surface area contributed by atoms with Crippen LogP contribution in [0.15, 0.2) is 30.7 Å². The maximum Gasteiger partial charge on any atom is 0.249 e. The third kappa shape index (κ3) is 4.93. The highest BCUT2D eigenvalue weighted by molar-refractivity contribution is 5.77. The second-order valence-corrected chi connectivity index (χ2v) is 7.23. The van der Waals surface area contributed by atoms with Crippen molar-refractivity contribution in [2.24, 2.45) is 7.05 Å². The molecule has 1 atom stereocenters. The van der Waals surface area contributed by atoms with Crippen LogP contribution in [0.5, 0.6) is 0 Å². The number of nitrogens with zero attached hydrogens (tertiary/aromatic N) is 5. The average molecular weight is 371 g/mol. The molecule has 2 aromatic rings. The van der Waals surface area contributed by atoms with Gasteiger partial charge in [-0.3, -0.25) is 19.4 Å². The minimum atomic E-state index is 0.0331. The predicted octanol–water partition coefficient (Wildman–Crippen LogP) is 1.76. The minimum Gasteiger partial charge on any atom is -0.375 e. The molecule has 27 heavy (non-hydrogen) atoms. The van der Waals surface area contributed by atoms with Gasteiger partial charge in [-0.15, -0.1) is 0 Å². The first-order valence-corrected chi connectivity index (χ1v) is 9.45. The number of rotatable bonds is 7. The molecule has 1 amide bonds. The standard InChI is InChI=1S/C20H29N5O2/c1-16-18(11-22-23(16)2)13-24-9-5-7-19(14-24)25(20(26)15-27-3)12-17-6-4-8-21-10-17/h4,6,8,10-11,19H,5,7,9,12-15H2,1-3H3. The van der Waals surface area contributed by atoms with E-state index in [1.54, 1.807) is 13.3 Å². The van der Waals surface area contributed by atoms with Gasteiger partial charge in [-0.25, -0.2) is 0 Å². The summed E-state index contributed by atoms with van der Waals surface area (Å²) in [6.45, 7) is 5.56. The number of likely N-dealkylation sites (tertiary alicyclic amines) is 1. The van der Waals surface area contributed by atoms with Crippen LogP contribution in [-0.4, -0.2) is 63.3 Å². The van der Waals surface area contributed by atoms with Crippen LogP contribution in [0.25, 0.3) is 0 Å². The molecular weight excluding hydrogens is 342 g/mol. The van der Waals surface area contributed by atoms with Crippen LogP contribution in [0.1, 0.15) is 29.7 Å². The van der Waals surface area contributed by atoms with E-state index >= 15 is 0 Å². The number of amides is 1. The molecule has 0 N–H and O–H groups in total. The van der Waals surface area contributed by atoms with Crippen molar-refractivity contribution in [1.29, 1.82) is 0 Å². The lowest BCUT2D eigenvalue weighted by Crippen LogP contribution is -2.50. The molecule has 7 heteroatoms. The smallest absolute Gasteiger partial charge is 0.249 e. The average Bonchev–Trinajstić information content (AvgIpc) is 2.99. The first-order chi connectivity index (χ1) is 13.1. The van der Waals surface area contributed by atoms with E-state index in [4.69, 9.17) is 4.74 Å². The predicted molar refractivity (Wildman–Crippen MR) is 103 cm³/mol. The van der Waals surface area contributed by atoms with Gasteiger partial charge in [0.25, 0.3) is 0 Å². The Labute approximate surface area is 160 Å². The molecule has 1 saturated heterocycles. The molecule has 0 spiro atoms. The Hall–Kier alpha value is -2.25. The minimum absolute atomic E-state index is 0.0331. The van der Waals surface area contributed by atoms with Crippen LogP contribution in [0.3, 0.4) is 0 Å². The van der Waals surface area contributed by atoms with Gasteiger partial charge in [0.15, 0.2) is 0 Å². The second kappa shape index (κ2) is 9.10. The highest BCUT2D eigenvalue weighted by Gasteiger charge is 2.29. The molecule has 2 aromatic heterocycles. The van der Waals surface area contributed by atoms with E-state index in [-0.39, 0.29) is 18.6 Å². The Kier molecular flexibility index (Phi) is 6.58. The molecule has 0 aromatic carbocycles. The van der Waals surface area contributed by atoms with Crippen molar-refractivity contribution in [1.82, 2.24) is 24.6 Å². The molecule has 1 aliphatic rings. The van der Waals surface area contributed by atoms with Crippen LogP contribution in [0.4, 0.5) is 0 Å². The van der Waals surface area contributed by atoms with E-state index in [1.165, 1.54) is 11.3 Å². The van der Waals surface area contributed by atoms with Gasteiger partial charge in [0.1, 0.15) is 6.61 Å². The maximum absolute atomic E-state index is 12.7. The largest absolute Gasteiger partial charge is 0.375 e. The third-order valence-corrected chi connectivity index (χ3v) is 5.32. The van der Waals surface area contributed by atoms with E-state index in [9.17, 15) is 4.79 Å². The van der Waals surface area contributed by atoms with Gasteiger partial charge in [-0.1, -0.05) is 6.07 Å². The lowest BCUT2D eigenvalue weighted by Gasteiger charge is -2.39. The molecule has 3 heterocycles. The quantitative estimate of drug-likeness (QED) is 0.742. The Morgan fingerprint density at radius 3 is 2.93 bits per heavy atom. The van der Waals surface area contributed by atoms with Crippen LogP contribution < -0.4 is 0 Å². The number of pyridine rings is 1. The van der Waals surface area contributed by atoms with E-state index in [1.807, 2.05) is 41.2 Å². The summed E-state index contributed by atoms with van der Waals surface area (Å²) >= 11 is 0. The summed E-state index contributed by atoms with van der Waals surface area (Å²) in [5.41, 5.74) is 3.49. The molecule has 0 radical (unpaired) electrons. The number of methoxy groups -OCH3 is 1. The fourth-order valence-electron chi connectivity index (χ4n) is 3.69. The molecular formula is C20H29N5O2. The Bertz CT molecular complexity index is 746. The van der Waals surface area contributed by atoms with Gasteiger partial charge < -0.3 is 9.64 Å². The summed E-state index contributed by atoms with van der Waals surface area (Å²) in [5.74, 6) is 0.0331. The molecule has 0 aliphatic carbocycles. The first kappa shape index (κ1) is 19.5. The van der Waals surface area contributed by atoms with E-state index in [0.717, 1.165) is 38.0 Å². The summed E-state index contributed by atoms with van der Waals surface area (Å²) in [5, 5.41) is 4.35. The van der Waals surface area contributed by atoms with Crippen molar-refractivity contribution in [3.05, 3.63) is 47.5 Å². The summed E-state index contributed by atoms with van der Waals surface area (Å²) in [6, 6.07) is 4.10. The summed E-state index contributed by atoms with van der Waals surface area (Å²) < 4.78 is 7.03. The van der Waals surface area contributed by atoms with Gasteiger partial charge in [-0.2, -0.15) is 5.10 Å². The first-order valence-electron chi connectivity index (χ1n) is 9.45. The molecule has 1 aliphatic heterocycles. The third-order valence-electron chi connectivity index (χ3n) is 5.32. The SMILES string of the molecule is COCC(=O)N(Cc1cccnc1)C1CCCN(Cc2cnn(C)c2C)C1. The van der Waals surface area contributed by atoms with Crippen molar-refractivity contribution in [2.45, 2.75) is 38.9 Å². The molecule has 3 rings (SSSR count). The highest BCUT2D eigenvalue weighted by Crippen LogP contribution is 2.21. The van der Waals surface area contributed by atoms with Crippen molar-refractivity contribution < 1.29 is 9.53 Å². The Balaban J connectivity index is 1.71. The number of piperidine rings is 1. The highest BCUT2D eigenvalue weighted by atomic mass is 16.5. The normalized spacial score (nSPS) is 17.8. The van der Waals surface area contributed by atoms with Crippen LogP contribution >= 0.6 is 0 Å². The number of ether oxygens (including phenoxy) is 1. The molecule has 1 fully saturated rings. The van der Waals surface area contributed by atoms with Crippen molar-refractivity contribution in [3.63, 3.8) is 0 Å². The van der Waals surface area contributed by atoms with Crippen molar-refractivity contribution in [2.75, 3.05) is 26.8 Å². The van der Waals surface area contributed by atoms with Crippen LogP contribution in [0, 0.1) is 6.92 Å². The topological polar surface area (TPSA) is 63.5 Å². The second-order valence-electron chi connectivity index (χ2n) is 7.23. The fourth-order valence-corrected chi connectivity index (χ4v) is 3.69. The summed E-state index contributed by atoms with van der Waals surface area (Å²) in [4.78, 5) is 21.3. The lowest BCUT2D eigenvalue weighted by atomic mass is 10.0. The molecule has 1 unspecified atom stereocenters. The monoisotopic (exact) mass is 371 g/mol. The van der Waals surface area contributed by atoms with E-state index in [2.05, 4.69) is 21.9 Å². The van der Waals surface area contributed by atoms with Crippen molar-refractivity contribution >= 4 is 5.91 Å². The molecule has 0 saturated carbocycles. The zero-order chi connectivity index (χ0) is 19.2. The van der Waals surface area contributed by atoms with Gasteiger partial charge in [0.2, 0.25) is 5.91 Å². The van der Waals surface area contributed by atoms with E-state index in [0.29, 0.717) is 6.54 Å². The van der Waals surface area contributed by atoms with Gasteiger partial charge in [-0.05, 0) is 37.9 Å². The summed E-state index contributed by atoms with van der Waals surface area (Å²) in [6.07, 6.45) is 7.62. The number of hydrogen-bond donors (Lipinski definition) is 0. The molecule has 0 bridgehead atoms. The van der Waals surface area contributed by atoms with E-state index < -0.39 is 0 Å². The molecule has 146 valence electrons. The Morgan fingerprint density at radius 2 is 2.26 bits per heavy atom. The number of aryl methyl sites for hydroxylation is 1. The Morgan fingerprint density at radius 1 is 1.41 bits per heavy atom. The summed E-state index contributed by atoms with van der Waals surface area (Å²) in [7, 11) is 3.54. The fraction of sp³-hybridized carbons (Fsp3) is 0.550. The number of carbonyl (C=O) groups excluding carboxylic acids is 1. The number of aromatic nitrogens is 3. The zero-order valence-corrected chi connectivity index (χ0v) is 16.5. The van der Waals surface area contributed by atoms with Gasteiger partial charge in [0.05, 0.1) is 6.20 Å².